The third-order valence-electron chi connectivity index (χ3n) is 4.02. The molecule has 1 fully saturated rings. The SMILES string of the molecule is Cc1ccsc1C1(N)CCC(C)C(C)C1. The van der Waals surface area contributed by atoms with E-state index in [0.29, 0.717) is 0 Å². The van der Waals surface area contributed by atoms with Gasteiger partial charge >= 0.3 is 0 Å². The summed E-state index contributed by atoms with van der Waals surface area (Å²) in [5, 5.41) is 2.17. The number of nitrogens with two attached hydrogens (primary N) is 1. The molecule has 3 unspecified atom stereocenters. The zero-order valence-corrected chi connectivity index (χ0v) is 10.7. The monoisotopic (exact) mass is 223 g/mol. The van der Waals surface area contributed by atoms with E-state index < -0.39 is 0 Å². The molecule has 2 heteroatoms. The van der Waals surface area contributed by atoms with Gasteiger partial charge in [-0.2, -0.15) is 0 Å². The molecule has 1 aliphatic carbocycles. The zero-order valence-electron chi connectivity index (χ0n) is 9.92. The fourth-order valence-corrected chi connectivity index (χ4v) is 3.82. The quantitative estimate of drug-likeness (QED) is 0.772. The van der Waals surface area contributed by atoms with Crippen molar-refractivity contribution in [1.82, 2.24) is 0 Å². The Morgan fingerprint density at radius 2 is 2.13 bits per heavy atom. The van der Waals surface area contributed by atoms with Gasteiger partial charge in [0.1, 0.15) is 0 Å². The van der Waals surface area contributed by atoms with Crippen molar-refractivity contribution in [2.75, 3.05) is 0 Å². The molecule has 1 saturated carbocycles. The van der Waals surface area contributed by atoms with Crippen LogP contribution < -0.4 is 5.73 Å². The summed E-state index contributed by atoms with van der Waals surface area (Å²) in [6, 6.07) is 2.19. The van der Waals surface area contributed by atoms with Gasteiger partial charge in [-0.1, -0.05) is 13.8 Å². The molecule has 1 aromatic heterocycles. The highest BCUT2D eigenvalue weighted by Gasteiger charge is 2.37. The maximum absolute atomic E-state index is 6.59. The second-order valence-electron chi connectivity index (χ2n) is 5.29. The van der Waals surface area contributed by atoms with Crippen LogP contribution in [0.1, 0.15) is 43.6 Å². The highest BCUT2D eigenvalue weighted by molar-refractivity contribution is 7.10. The summed E-state index contributed by atoms with van der Waals surface area (Å²) < 4.78 is 0. The van der Waals surface area contributed by atoms with E-state index in [1.807, 2.05) is 11.3 Å². The van der Waals surface area contributed by atoms with Gasteiger partial charge < -0.3 is 5.73 Å². The van der Waals surface area contributed by atoms with Crippen LogP contribution in [0.2, 0.25) is 0 Å². The van der Waals surface area contributed by atoms with Crippen molar-refractivity contribution in [1.29, 1.82) is 0 Å². The summed E-state index contributed by atoms with van der Waals surface area (Å²) in [7, 11) is 0. The molecule has 0 radical (unpaired) electrons. The average Bonchev–Trinajstić information content (AvgIpc) is 2.59. The minimum atomic E-state index is -0.0375. The Labute approximate surface area is 96.7 Å². The first kappa shape index (κ1) is 11.2. The van der Waals surface area contributed by atoms with Gasteiger partial charge in [0.2, 0.25) is 0 Å². The normalized spacial score (nSPS) is 36.8. The van der Waals surface area contributed by atoms with E-state index in [2.05, 4.69) is 32.2 Å². The third-order valence-corrected chi connectivity index (χ3v) is 5.25. The molecule has 1 aliphatic rings. The van der Waals surface area contributed by atoms with E-state index in [-0.39, 0.29) is 5.54 Å². The number of aryl methyl sites for hydroxylation is 1. The molecule has 0 bridgehead atoms. The molecular weight excluding hydrogens is 202 g/mol. The first-order chi connectivity index (χ1) is 7.03. The van der Waals surface area contributed by atoms with E-state index in [1.54, 1.807) is 0 Å². The van der Waals surface area contributed by atoms with E-state index in [9.17, 15) is 0 Å². The lowest BCUT2D eigenvalue weighted by atomic mass is 9.70. The molecular formula is C13H21NS. The van der Waals surface area contributed by atoms with E-state index in [0.717, 1.165) is 24.7 Å². The average molecular weight is 223 g/mol. The molecule has 2 rings (SSSR count). The van der Waals surface area contributed by atoms with Crippen LogP contribution in [0, 0.1) is 18.8 Å². The predicted molar refractivity (Wildman–Crippen MR) is 67.1 cm³/mol. The maximum Gasteiger partial charge on any atom is 0.0509 e. The summed E-state index contributed by atoms with van der Waals surface area (Å²) in [5.74, 6) is 1.59. The first-order valence-electron chi connectivity index (χ1n) is 5.86. The minimum Gasteiger partial charge on any atom is -0.321 e. The molecule has 0 aromatic carbocycles. The molecule has 2 N–H and O–H groups in total. The minimum absolute atomic E-state index is 0.0375. The molecule has 15 heavy (non-hydrogen) atoms. The van der Waals surface area contributed by atoms with Crippen LogP contribution >= 0.6 is 11.3 Å². The van der Waals surface area contributed by atoms with Crippen LogP contribution in [-0.4, -0.2) is 0 Å². The van der Waals surface area contributed by atoms with Gasteiger partial charge in [0, 0.05) is 4.88 Å². The van der Waals surface area contributed by atoms with Crippen molar-refractivity contribution in [2.24, 2.45) is 17.6 Å². The summed E-state index contributed by atoms with van der Waals surface area (Å²) in [6.45, 7) is 6.88. The van der Waals surface area contributed by atoms with Gasteiger partial charge in [0.15, 0.2) is 0 Å². The second-order valence-corrected chi connectivity index (χ2v) is 6.20. The van der Waals surface area contributed by atoms with Crippen LogP contribution in [0.15, 0.2) is 11.4 Å². The Hall–Kier alpha value is -0.340. The number of hydrogen-bond donors (Lipinski definition) is 1. The van der Waals surface area contributed by atoms with Crippen molar-refractivity contribution < 1.29 is 0 Å². The van der Waals surface area contributed by atoms with Gasteiger partial charge in [-0.25, -0.2) is 0 Å². The van der Waals surface area contributed by atoms with Gasteiger partial charge in [0.05, 0.1) is 5.54 Å². The van der Waals surface area contributed by atoms with E-state index in [1.165, 1.54) is 16.9 Å². The largest absolute Gasteiger partial charge is 0.321 e. The van der Waals surface area contributed by atoms with Crippen molar-refractivity contribution in [3.63, 3.8) is 0 Å². The lowest BCUT2D eigenvalue weighted by molar-refractivity contribution is 0.179. The van der Waals surface area contributed by atoms with Crippen molar-refractivity contribution in [3.8, 4) is 0 Å². The van der Waals surface area contributed by atoms with Crippen LogP contribution in [0.3, 0.4) is 0 Å². The van der Waals surface area contributed by atoms with E-state index in [4.69, 9.17) is 5.73 Å². The molecule has 0 aliphatic heterocycles. The summed E-state index contributed by atoms with van der Waals surface area (Å²) in [5.41, 5.74) is 7.93. The van der Waals surface area contributed by atoms with Crippen LogP contribution in [-0.2, 0) is 5.54 Å². The van der Waals surface area contributed by atoms with Crippen LogP contribution in [0.4, 0.5) is 0 Å². The Kier molecular flexibility index (Phi) is 2.91. The fourth-order valence-electron chi connectivity index (χ4n) is 2.74. The third kappa shape index (κ3) is 1.98. The van der Waals surface area contributed by atoms with Gasteiger partial charge in [-0.3, -0.25) is 0 Å². The Morgan fingerprint density at radius 3 is 2.67 bits per heavy atom. The lowest BCUT2D eigenvalue weighted by Gasteiger charge is -2.40. The Balaban J connectivity index is 2.25. The topological polar surface area (TPSA) is 26.0 Å². The predicted octanol–water partition coefficient (Wildman–Crippen LogP) is 3.67. The number of thiophene rings is 1. The summed E-state index contributed by atoms with van der Waals surface area (Å²) in [6.07, 6.45) is 3.57. The first-order valence-corrected chi connectivity index (χ1v) is 6.74. The Morgan fingerprint density at radius 1 is 1.40 bits per heavy atom. The lowest BCUT2D eigenvalue weighted by Crippen LogP contribution is -2.42. The Bertz CT molecular complexity index is 344. The highest BCUT2D eigenvalue weighted by Crippen LogP contribution is 2.43. The van der Waals surface area contributed by atoms with Crippen molar-refractivity contribution in [2.45, 2.75) is 45.6 Å². The summed E-state index contributed by atoms with van der Waals surface area (Å²) in [4.78, 5) is 1.42. The second kappa shape index (κ2) is 3.91. The van der Waals surface area contributed by atoms with Crippen LogP contribution in [0.5, 0.6) is 0 Å². The highest BCUT2D eigenvalue weighted by atomic mass is 32.1. The maximum atomic E-state index is 6.59. The van der Waals surface area contributed by atoms with Crippen molar-refractivity contribution >= 4 is 11.3 Å². The molecule has 3 atom stereocenters. The molecule has 0 amide bonds. The van der Waals surface area contributed by atoms with Crippen molar-refractivity contribution in [3.05, 3.63) is 21.9 Å². The number of hydrogen-bond acceptors (Lipinski definition) is 2. The fraction of sp³-hybridized carbons (Fsp3) is 0.692. The van der Waals surface area contributed by atoms with E-state index >= 15 is 0 Å². The molecule has 0 spiro atoms. The molecule has 0 saturated heterocycles. The smallest absolute Gasteiger partial charge is 0.0509 e. The van der Waals surface area contributed by atoms with Gasteiger partial charge in [-0.15, -0.1) is 11.3 Å². The molecule has 1 nitrogen and oxygen atoms in total. The van der Waals surface area contributed by atoms with Gasteiger partial charge in [-0.05, 0) is 55.0 Å². The molecule has 1 heterocycles. The summed E-state index contributed by atoms with van der Waals surface area (Å²) >= 11 is 1.83. The van der Waals surface area contributed by atoms with Crippen LogP contribution in [0.25, 0.3) is 0 Å². The van der Waals surface area contributed by atoms with Gasteiger partial charge in [0.25, 0.3) is 0 Å². The zero-order chi connectivity index (χ0) is 11.1. The molecule has 84 valence electrons. The standard InChI is InChI=1S/C13H21NS/c1-9-4-6-13(14,8-11(9)3)12-10(2)5-7-15-12/h5,7,9,11H,4,6,8,14H2,1-3H3. The molecule has 1 aromatic rings. The number of rotatable bonds is 1.